The van der Waals surface area contributed by atoms with Crippen LogP contribution < -0.4 is 25.6 Å². The number of alkyl halides is 2. The van der Waals surface area contributed by atoms with Crippen molar-refractivity contribution in [2.75, 3.05) is 31.6 Å². The number of carbonyl (C=O) groups excluding carboxylic acids is 1. The van der Waals surface area contributed by atoms with Crippen LogP contribution in [0.5, 0.6) is 5.75 Å². The SMILES string of the molecule is CCNC(=O)c1ccc(CNC(=NC)NC2CCN(c3ccccc3OC(F)F)C2)cc1. The van der Waals surface area contributed by atoms with Gasteiger partial charge in [0.2, 0.25) is 0 Å². The molecule has 0 aliphatic carbocycles. The lowest BCUT2D eigenvalue weighted by molar-refractivity contribution is -0.0495. The number of amides is 1. The molecule has 0 saturated carbocycles. The molecule has 9 heteroatoms. The quantitative estimate of drug-likeness (QED) is 0.430. The zero-order valence-corrected chi connectivity index (χ0v) is 18.3. The number of hydrogen-bond acceptors (Lipinski definition) is 4. The van der Waals surface area contributed by atoms with Gasteiger partial charge in [-0.05, 0) is 43.2 Å². The molecule has 2 aromatic rings. The van der Waals surface area contributed by atoms with E-state index in [1.54, 1.807) is 37.4 Å². The first kappa shape index (κ1) is 23.3. The lowest BCUT2D eigenvalue weighted by Crippen LogP contribution is -2.44. The molecule has 1 atom stereocenters. The molecule has 0 radical (unpaired) electrons. The Kier molecular flexibility index (Phi) is 8.24. The maximum Gasteiger partial charge on any atom is 0.387 e. The fourth-order valence-corrected chi connectivity index (χ4v) is 3.62. The molecule has 7 nitrogen and oxygen atoms in total. The lowest BCUT2D eigenvalue weighted by Gasteiger charge is -2.22. The van der Waals surface area contributed by atoms with Gasteiger partial charge in [0.15, 0.2) is 5.96 Å². The molecule has 1 amide bonds. The summed E-state index contributed by atoms with van der Waals surface area (Å²) in [7, 11) is 1.70. The van der Waals surface area contributed by atoms with E-state index in [1.807, 2.05) is 30.0 Å². The van der Waals surface area contributed by atoms with E-state index < -0.39 is 6.61 Å². The number of halogens is 2. The summed E-state index contributed by atoms with van der Waals surface area (Å²) in [5.74, 6) is 0.749. The fraction of sp³-hybridized carbons (Fsp3) is 0.391. The van der Waals surface area contributed by atoms with Crippen LogP contribution in [-0.4, -0.2) is 51.2 Å². The van der Waals surface area contributed by atoms with E-state index in [-0.39, 0.29) is 17.7 Å². The summed E-state index contributed by atoms with van der Waals surface area (Å²) in [5, 5.41) is 9.44. The minimum Gasteiger partial charge on any atom is -0.433 e. The molecule has 1 aliphatic heterocycles. The van der Waals surface area contributed by atoms with Gasteiger partial charge in [0.25, 0.3) is 5.91 Å². The van der Waals surface area contributed by atoms with Crippen LogP contribution in [0, 0.1) is 0 Å². The number of para-hydroxylation sites is 2. The molecular formula is C23H29F2N5O2. The van der Waals surface area contributed by atoms with Gasteiger partial charge in [-0.2, -0.15) is 8.78 Å². The first-order chi connectivity index (χ1) is 15.5. The van der Waals surface area contributed by atoms with Crippen LogP contribution in [0.15, 0.2) is 53.5 Å². The summed E-state index contributed by atoms with van der Waals surface area (Å²) in [6.07, 6.45) is 0.838. The Morgan fingerprint density at radius 3 is 2.62 bits per heavy atom. The first-order valence-electron chi connectivity index (χ1n) is 10.6. The molecule has 1 unspecified atom stereocenters. The summed E-state index contributed by atoms with van der Waals surface area (Å²) in [4.78, 5) is 18.2. The van der Waals surface area contributed by atoms with Crippen LogP contribution in [-0.2, 0) is 6.54 Å². The molecule has 0 bridgehead atoms. The Bertz CT molecular complexity index is 921. The van der Waals surface area contributed by atoms with Crippen molar-refractivity contribution in [3.05, 3.63) is 59.7 Å². The van der Waals surface area contributed by atoms with Gasteiger partial charge in [-0.25, -0.2) is 0 Å². The highest BCUT2D eigenvalue weighted by molar-refractivity contribution is 5.94. The summed E-state index contributed by atoms with van der Waals surface area (Å²) in [6.45, 7) is 1.54. The summed E-state index contributed by atoms with van der Waals surface area (Å²) < 4.78 is 30.1. The third-order valence-corrected chi connectivity index (χ3v) is 5.19. The second-order valence-electron chi connectivity index (χ2n) is 7.40. The molecule has 1 aliphatic rings. The molecule has 1 saturated heterocycles. The number of benzene rings is 2. The van der Waals surface area contributed by atoms with E-state index in [2.05, 4.69) is 25.7 Å². The molecule has 1 heterocycles. The predicted octanol–water partition coefficient (Wildman–Crippen LogP) is 2.98. The van der Waals surface area contributed by atoms with Crippen molar-refractivity contribution in [1.29, 1.82) is 0 Å². The van der Waals surface area contributed by atoms with Crippen molar-refractivity contribution in [2.24, 2.45) is 4.99 Å². The second kappa shape index (κ2) is 11.3. The molecule has 1 fully saturated rings. The Balaban J connectivity index is 1.52. The van der Waals surface area contributed by atoms with Gasteiger partial charge in [0, 0.05) is 44.8 Å². The van der Waals surface area contributed by atoms with Crippen molar-refractivity contribution in [1.82, 2.24) is 16.0 Å². The smallest absolute Gasteiger partial charge is 0.387 e. The second-order valence-corrected chi connectivity index (χ2v) is 7.40. The number of anilines is 1. The largest absolute Gasteiger partial charge is 0.433 e. The fourth-order valence-electron chi connectivity index (χ4n) is 3.62. The summed E-state index contributed by atoms with van der Waals surface area (Å²) in [6, 6.07) is 14.4. The highest BCUT2D eigenvalue weighted by Crippen LogP contribution is 2.31. The van der Waals surface area contributed by atoms with Crippen LogP contribution >= 0.6 is 0 Å². The molecule has 32 heavy (non-hydrogen) atoms. The molecular weight excluding hydrogens is 416 g/mol. The molecule has 3 rings (SSSR count). The van der Waals surface area contributed by atoms with E-state index >= 15 is 0 Å². The molecule has 0 aromatic heterocycles. The van der Waals surface area contributed by atoms with Crippen molar-refractivity contribution < 1.29 is 18.3 Å². The van der Waals surface area contributed by atoms with Gasteiger partial charge >= 0.3 is 6.61 Å². The zero-order valence-electron chi connectivity index (χ0n) is 18.3. The minimum atomic E-state index is -2.86. The topological polar surface area (TPSA) is 78.0 Å². The Morgan fingerprint density at radius 1 is 1.19 bits per heavy atom. The summed E-state index contributed by atoms with van der Waals surface area (Å²) in [5.41, 5.74) is 2.31. The Hall–Kier alpha value is -3.36. The van der Waals surface area contributed by atoms with Gasteiger partial charge in [-0.15, -0.1) is 0 Å². The summed E-state index contributed by atoms with van der Waals surface area (Å²) >= 11 is 0. The van der Waals surface area contributed by atoms with E-state index in [4.69, 9.17) is 0 Å². The van der Waals surface area contributed by atoms with Crippen LogP contribution in [0.4, 0.5) is 14.5 Å². The predicted molar refractivity (Wildman–Crippen MR) is 121 cm³/mol. The number of guanidine groups is 1. The average Bonchev–Trinajstić information content (AvgIpc) is 3.25. The van der Waals surface area contributed by atoms with Crippen LogP contribution in [0.2, 0.25) is 0 Å². The zero-order chi connectivity index (χ0) is 22.9. The normalized spacial score (nSPS) is 16.2. The Morgan fingerprint density at radius 2 is 1.94 bits per heavy atom. The number of ether oxygens (including phenoxy) is 1. The molecule has 2 aromatic carbocycles. The van der Waals surface area contributed by atoms with Crippen LogP contribution in [0.3, 0.4) is 0 Å². The van der Waals surface area contributed by atoms with E-state index in [0.717, 1.165) is 18.5 Å². The number of hydrogen-bond donors (Lipinski definition) is 3. The maximum absolute atomic E-state index is 12.7. The maximum atomic E-state index is 12.7. The van der Waals surface area contributed by atoms with Gasteiger partial charge < -0.3 is 25.6 Å². The number of rotatable bonds is 8. The van der Waals surface area contributed by atoms with Crippen molar-refractivity contribution in [3.63, 3.8) is 0 Å². The Labute approximate surface area is 186 Å². The number of nitrogens with one attached hydrogen (secondary N) is 3. The van der Waals surface area contributed by atoms with Crippen molar-refractivity contribution in [3.8, 4) is 5.75 Å². The number of aliphatic imine (C=N–C) groups is 1. The molecule has 172 valence electrons. The van der Waals surface area contributed by atoms with E-state index in [0.29, 0.717) is 36.8 Å². The monoisotopic (exact) mass is 445 g/mol. The van der Waals surface area contributed by atoms with Crippen LogP contribution in [0.25, 0.3) is 0 Å². The highest BCUT2D eigenvalue weighted by Gasteiger charge is 2.26. The van der Waals surface area contributed by atoms with Gasteiger partial charge in [-0.1, -0.05) is 24.3 Å². The number of nitrogens with zero attached hydrogens (tertiary/aromatic N) is 2. The van der Waals surface area contributed by atoms with Crippen LogP contribution in [0.1, 0.15) is 29.3 Å². The van der Waals surface area contributed by atoms with Crippen molar-refractivity contribution in [2.45, 2.75) is 32.5 Å². The minimum absolute atomic E-state index is 0.0872. The third kappa shape index (κ3) is 6.32. The molecule has 0 spiro atoms. The highest BCUT2D eigenvalue weighted by atomic mass is 19.3. The molecule has 3 N–H and O–H groups in total. The average molecular weight is 446 g/mol. The first-order valence-corrected chi connectivity index (χ1v) is 10.6. The standard InChI is InChI=1S/C23H29F2N5O2/c1-3-27-21(31)17-10-8-16(9-11-17)14-28-23(26-2)29-18-12-13-30(15-18)19-6-4-5-7-20(19)32-22(24)25/h4-11,18,22H,3,12-15H2,1-2H3,(H,27,31)(H2,26,28,29). The third-order valence-electron chi connectivity index (χ3n) is 5.19. The van der Waals surface area contributed by atoms with Gasteiger partial charge in [-0.3, -0.25) is 9.79 Å². The van der Waals surface area contributed by atoms with Gasteiger partial charge in [0.1, 0.15) is 5.75 Å². The lowest BCUT2D eigenvalue weighted by atomic mass is 10.1. The van der Waals surface area contributed by atoms with Crippen molar-refractivity contribution >= 4 is 17.6 Å². The van der Waals surface area contributed by atoms with E-state index in [1.165, 1.54) is 0 Å². The number of carbonyl (C=O) groups is 1. The van der Waals surface area contributed by atoms with Gasteiger partial charge in [0.05, 0.1) is 5.69 Å². The van der Waals surface area contributed by atoms with E-state index in [9.17, 15) is 13.6 Å².